The van der Waals surface area contributed by atoms with Gasteiger partial charge in [0.2, 0.25) is 0 Å². The predicted molar refractivity (Wildman–Crippen MR) is 24.8 cm³/mol. The maximum absolute atomic E-state index is 11.4. The lowest BCUT2D eigenvalue weighted by atomic mass is 10.2. The molecule has 2 heteroatoms. The molecule has 0 aliphatic heterocycles. The van der Waals surface area contributed by atoms with E-state index in [1.807, 2.05) is 0 Å². The normalized spacial score (nSPS) is 24.9. The van der Waals surface area contributed by atoms with Crippen LogP contribution in [0.15, 0.2) is 0 Å². The average molecular weight is 104 g/mol. The third kappa shape index (κ3) is 1.13. The van der Waals surface area contributed by atoms with E-state index in [1.54, 1.807) is 0 Å². The molecule has 0 bridgehead atoms. The van der Waals surface area contributed by atoms with Crippen molar-refractivity contribution in [3.05, 3.63) is 0 Å². The summed E-state index contributed by atoms with van der Waals surface area (Å²) >= 11 is 0. The SMILES string of the molecule is OC1(CCF)CC1. The van der Waals surface area contributed by atoms with Gasteiger partial charge in [0, 0.05) is 6.42 Å². The average Bonchev–Trinajstić information content (AvgIpc) is 2.22. The van der Waals surface area contributed by atoms with Gasteiger partial charge in [0.25, 0.3) is 0 Å². The van der Waals surface area contributed by atoms with Crippen LogP contribution in [0.3, 0.4) is 0 Å². The van der Waals surface area contributed by atoms with Crippen LogP contribution in [0.25, 0.3) is 0 Å². The Balaban J connectivity index is 2.13. The second-order valence-electron chi connectivity index (χ2n) is 2.16. The third-order valence-corrected chi connectivity index (χ3v) is 1.39. The van der Waals surface area contributed by atoms with E-state index >= 15 is 0 Å². The lowest BCUT2D eigenvalue weighted by Crippen LogP contribution is -2.06. The molecule has 0 spiro atoms. The van der Waals surface area contributed by atoms with E-state index in [1.165, 1.54) is 0 Å². The van der Waals surface area contributed by atoms with Gasteiger partial charge in [-0.1, -0.05) is 0 Å². The van der Waals surface area contributed by atoms with Crippen molar-refractivity contribution in [2.24, 2.45) is 0 Å². The summed E-state index contributed by atoms with van der Waals surface area (Å²) in [7, 11) is 0. The molecule has 0 aromatic carbocycles. The van der Waals surface area contributed by atoms with Crippen LogP contribution in [-0.2, 0) is 0 Å². The van der Waals surface area contributed by atoms with Crippen molar-refractivity contribution in [3.63, 3.8) is 0 Å². The highest BCUT2D eigenvalue weighted by Crippen LogP contribution is 2.37. The zero-order valence-electron chi connectivity index (χ0n) is 4.15. The first-order valence-electron chi connectivity index (χ1n) is 2.55. The highest BCUT2D eigenvalue weighted by atomic mass is 19.1. The van der Waals surface area contributed by atoms with Gasteiger partial charge in [-0.2, -0.15) is 0 Å². The predicted octanol–water partition coefficient (Wildman–Crippen LogP) is 0.871. The van der Waals surface area contributed by atoms with E-state index in [0.717, 1.165) is 12.8 Å². The molecule has 1 fully saturated rings. The summed E-state index contributed by atoms with van der Waals surface area (Å²) in [5, 5.41) is 8.89. The number of hydrogen-bond acceptors (Lipinski definition) is 1. The van der Waals surface area contributed by atoms with Crippen LogP contribution in [0, 0.1) is 0 Å². The van der Waals surface area contributed by atoms with E-state index in [0.29, 0.717) is 6.42 Å². The zero-order chi connectivity index (χ0) is 5.33. The lowest BCUT2D eigenvalue weighted by Gasteiger charge is -1.99. The Hall–Kier alpha value is -0.110. The van der Waals surface area contributed by atoms with Crippen LogP contribution in [0.5, 0.6) is 0 Å². The number of rotatable bonds is 2. The largest absolute Gasteiger partial charge is 0.390 e. The fraction of sp³-hybridized carbons (Fsp3) is 1.00. The molecular weight excluding hydrogens is 95.1 g/mol. The Morgan fingerprint density at radius 3 is 2.29 bits per heavy atom. The van der Waals surface area contributed by atoms with E-state index in [-0.39, 0.29) is 6.67 Å². The third-order valence-electron chi connectivity index (χ3n) is 1.39. The second-order valence-corrected chi connectivity index (χ2v) is 2.16. The van der Waals surface area contributed by atoms with Gasteiger partial charge in [-0.15, -0.1) is 0 Å². The molecule has 7 heavy (non-hydrogen) atoms. The van der Waals surface area contributed by atoms with Crippen molar-refractivity contribution in [2.45, 2.75) is 24.9 Å². The first-order chi connectivity index (χ1) is 3.27. The highest BCUT2D eigenvalue weighted by Gasteiger charge is 2.39. The van der Waals surface area contributed by atoms with Crippen LogP contribution in [0.1, 0.15) is 19.3 Å². The number of hydrogen-bond donors (Lipinski definition) is 1. The van der Waals surface area contributed by atoms with Crippen molar-refractivity contribution < 1.29 is 9.50 Å². The monoisotopic (exact) mass is 104 g/mol. The molecule has 0 unspecified atom stereocenters. The maximum atomic E-state index is 11.4. The van der Waals surface area contributed by atoms with Gasteiger partial charge >= 0.3 is 0 Å². The fourth-order valence-corrected chi connectivity index (χ4v) is 0.570. The molecule has 0 amide bonds. The summed E-state index contributed by atoms with van der Waals surface area (Å²) in [5.74, 6) is 0. The topological polar surface area (TPSA) is 20.2 Å². The van der Waals surface area contributed by atoms with Gasteiger partial charge in [0.05, 0.1) is 12.3 Å². The van der Waals surface area contributed by atoms with Crippen LogP contribution in [0.4, 0.5) is 4.39 Å². The van der Waals surface area contributed by atoms with Crippen molar-refractivity contribution >= 4 is 0 Å². The van der Waals surface area contributed by atoms with Gasteiger partial charge in [0.1, 0.15) is 0 Å². The van der Waals surface area contributed by atoms with Crippen molar-refractivity contribution in [1.82, 2.24) is 0 Å². The minimum atomic E-state index is -0.575. The summed E-state index contributed by atoms with van der Waals surface area (Å²) in [6.45, 7) is -0.378. The van der Waals surface area contributed by atoms with Crippen molar-refractivity contribution in [2.75, 3.05) is 6.67 Å². The quantitative estimate of drug-likeness (QED) is 0.551. The fourth-order valence-electron chi connectivity index (χ4n) is 0.570. The van der Waals surface area contributed by atoms with Gasteiger partial charge in [-0.05, 0) is 12.8 Å². The molecule has 42 valence electrons. The Bertz CT molecular complexity index is 68.5. The molecule has 0 saturated heterocycles. The molecule has 0 aromatic rings. The first-order valence-corrected chi connectivity index (χ1v) is 2.55. The highest BCUT2D eigenvalue weighted by molar-refractivity contribution is 4.92. The summed E-state index contributed by atoms with van der Waals surface area (Å²) in [6, 6.07) is 0. The Kier molecular flexibility index (Phi) is 1.04. The van der Waals surface area contributed by atoms with Gasteiger partial charge in [-0.25, -0.2) is 0 Å². The zero-order valence-corrected chi connectivity index (χ0v) is 4.15. The number of alkyl halides is 1. The van der Waals surface area contributed by atoms with Crippen LogP contribution in [0.2, 0.25) is 0 Å². The van der Waals surface area contributed by atoms with Crippen LogP contribution >= 0.6 is 0 Å². The summed E-state index contributed by atoms with van der Waals surface area (Å²) in [5.41, 5.74) is -0.575. The molecule has 1 aliphatic carbocycles. The molecule has 0 radical (unpaired) electrons. The van der Waals surface area contributed by atoms with Crippen LogP contribution < -0.4 is 0 Å². The standard InChI is InChI=1S/C5H9FO/c6-4-3-5(7)1-2-5/h7H,1-4H2. The smallest absolute Gasteiger partial charge is 0.0921 e. The molecule has 1 rings (SSSR count). The first kappa shape index (κ1) is 5.04. The Labute approximate surface area is 42.2 Å². The second kappa shape index (κ2) is 1.44. The summed E-state index contributed by atoms with van der Waals surface area (Å²) in [6.07, 6.45) is 1.95. The number of halogens is 1. The summed E-state index contributed by atoms with van der Waals surface area (Å²) < 4.78 is 11.4. The molecule has 1 aliphatic rings. The van der Waals surface area contributed by atoms with E-state index < -0.39 is 5.60 Å². The Morgan fingerprint density at radius 2 is 2.14 bits per heavy atom. The lowest BCUT2D eigenvalue weighted by molar-refractivity contribution is 0.130. The molecule has 1 N–H and O–H groups in total. The van der Waals surface area contributed by atoms with Crippen molar-refractivity contribution in [3.8, 4) is 0 Å². The molecule has 0 atom stereocenters. The van der Waals surface area contributed by atoms with Crippen LogP contribution in [-0.4, -0.2) is 17.4 Å². The van der Waals surface area contributed by atoms with Gasteiger partial charge in [0.15, 0.2) is 0 Å². The molecule has 1 nitrogen and oxygen atoms in total. The Morgan fingerprint density at radius 1 is 1.57 bits per heavy atom. The molecule has 0 heterocycles. The summed E-state index contributed by atoms with van der Waals surface area (Å²) in [4.78, 5) is 0. The van der Waals surface area contributed by atoms with E-state index in [9.17, 15) is 4.39 Å². The molecular formula is C5H9FO. The minimum Gasteiger partial charge on any atom is -0.390 e. The maximum Gasteiger partial charge on any atom is 0.0921 e. The van der Waals surface area contributed by atoms with Gasteiger partial charge < -0.3 is 5.11 Å². The number of aliphatic hydroxyl groups is 1. The van der Waals surface area contributed by atoms with E-state index in [2.05, 4.69) is 0 Å². The van der Waals surface area contributed by atoms with Crippen molar-refractivity contribution in [1.29, 1.82) is 0 Å². The van der Waals surface area contributed by atoms with Gasteiger partial charge in [-0.3, -0.25) is 4.39 Å². The van der Waals surface area contributed by atoms with E-state index in [4.69, 9.17) is 5.11 Å². The minimum absolute atomic E-state index is 0.340. The molecule has 1 saturated carbocycles. The molecule has 0 aromatic heterocycles.